The van der Waals surface area contributed by atoms with Gasteiger partial charge in [0, 0.05) is 18.6 Å². The highest BCUT2D eigenvalue weighted by Crippen LogP contribution is 2.25. The standard InChI is InChI=1S/C15H19N3O2S/c1-10-3-5-12(6-4-10)21-9-14-17-15(20-18-14)13-7-11(19-2)8-16-13/h3-6,11,13,16H,7-9H2,1-2H3/t11-,13+/m0/s1. The summed E-state index contributed by atoms with van der Waals surface area (Å²) in [6, 6.07) is 8.56. The molecule has 1 aliphatic rings. The Kier molecular flexibility index (Phi) is 4.57. The molecular formula is C15H19N3O2S. The third-order valence-electron chi connectivity index (χ3n) is 3.59. The maximum atomic E-state index is 5.36. The predicted octanol–water partition coefficient (Wildman–Crippen LogP) is 2.72. The van der Waals surface area contributed by atoms with Crippen molar-refractivity contribution in [1.82, 2.24) is 15.5 Å². The van der Waals surface area contributed by atoms with Gasteiger partial charge < -0.3 is 14.6 Å². The van der Waals surface area contributed by atoms with E-state index >= 15 is 0 Å². The topological polar surface area (TPSA) is 60.2 Å². The minimum Gasteiger partial charge on any atom is -0.380 e. The number of ether oxygens (including phenoxy) is 1. The summed E-state index contributed by atoms with van der Waals surface area (Å²) < 4.78 is 10.7. The Bertz CT molecular complexity index is 585. The zero-order valence-corrected chi connectivity index (χ0v) is 13.0. The van der Waals surface area contributed by atoms with Crippen LogP contribution in [0.3, 0.4) is 0 Å². The number of nitrogens with zero attached hydrogens (tertiary/aromatic N) is 2. The van der Waals surface area contributed by atoms with E-state index in [1.807, 2.05) is 0 Å². The summed E-state index contributed by atoms with van der Waals surface area (Å²) in [6.45, 7) is 2.92. The van der Waals surface area contributed by atoms with Crippen molar-refractivity contribution in [2.75, 3.05) is 13.7 Å². The van der Waals surface area contributed by atoms with Gasteiger partial charge in [0.1, 0.15) is 0 Å². The molecule has 0 spiro atoms. The van der Waals surface area contributed by atoms with Crippen molar-refractivity contribution in [2.45, 2.75) is 36.1 Å². The molecule has 1 aromatic carbocycles. The Balaban J connectivity index is 1.57. The van der Waals surface area contributed by atoms with Crippen LogP contribution in [0.15, 0.2) is 33.7 Å². The molecule has 1 saturated heterocycles. The highest BCUT2D eigenvalue weighted by molar-refractivity contribution is 7.98. The van der Waals surface area contributed by atoms with E-state index in [0.29, 0.717) is 11.6 Å². The molecule has 0 radical (unpaired) electrons. The first-order valence-electron chi connectivity index (χ1n) is 7.02. The van der Waals surface area contributed by atoms with E-state index < -0.39 is 0 Å². The number of benzene rings is 1. The van der Waals surface area contributed by atoms with Crippen molar-refractivity contribution in [3.8, 4) is 0 Å². The smallest absolute Gasteiger partial charge is 0.243 e. The molecule has 2 atom stereocenters. The molecule has 1 N–H and O–H groups in total. The number of rotatable bonds is 5. The fourth-order valence-corrected chi connectivity index (χ4v) is 3.06. The van der Waals surface area contributed by atoms with Gasteiger partial charge in [-0.15, -0.1) is 11.8 Å². The molecule has 1 fully saturated rings. The molecule has 5 nitrogen and oxygen atoms in total. The molecule has 0 saturated carbocycles. The average molecular weight is 305 g/mol. The summed E-state index contributed by atoms with van der Waals surface area (Å²) in [5.74, 6) is 2.11. The zero-order chi connectivity index (χ0) is 14.7. The van der Waals surface area contributed by atoms with Crippen LogP contribution in [0.1, 0.15) is 29.7 Å². The maximum Gasteiger partial charge on any atom is 0.243 e. The van der Waals surface area contributed by atoms with Gasteiger partial charge >= 0.3 is 0 Å². The Hall–Kier alpha value is -1.37. The fraction of sp³-hybridized carbons (Fsp3) is 0.467. The van der Waals surface area contributed by atoms with Crippen LogP contribution in [0.2, 0.25) is 0 Å². The Morgan fingerprint density at radius 2 is 2.19 bits per heavy atom. The van der Waals surface area contributed by atoms with Gasteiger partial charge in [-0.25, -0.2) is 0 Å². The van der Waals surface area contributed by atoms with E-state index in [2.05, 4.69) is 46.6 Å². The second kappa shape index (κ2) is 6.60. The van der Waals surface area contributed by atoms with Gasteiger partial charge in [-0.05, 0) is 25.5 Å². The molecule has 1 aromatic heterocycles. The molecule has 2 aromatic rings. The van der Waals surface area contributed by atoms with E-state index in [0.717, 1.165) is 18.8 Å². The lowest BCUT2D eigenvalue weighted by Gasteiger charge is -2.04. The summed E-state index contributed by atoms with van der Waals surface area (Å²) in [7, 11) is 1.73. The van der Waals surface area contributed by atoms with Gasteiger partial charge in [-0.2, -0.15) is 4.98 Å². The first-order chi connectivity index (χ1) is 10.2. The number of thioether (sulfide) groups is 1. The minimum atomic E-state index is 0.112. The average Bonchev–Trinajstić information content (AvgIpc) is 3.15. The summed E-state index contributed by atoms with van der Waals surface area (Å²) in [5, 5.41) is 7.40. The quantitative estimate of drug-likeness (QED) is 0.857. The van der Waals surface area contributed by atoms with Crippen molar-refractivity contribution in [3.63, 3.8) is 0 Å². The zero-order valence-electron chi connectivity index (χ0n) is 12.2. The highest BCUT2D eigenvalue weighted by Gasteiger charge is 2.29. The molecule has 6 heteroatoms. The number of nitrogens with one attached hydrogen (secondary N) is 1. The van der Waals surface area contributed by atoms with Crippen LogP contribution in [0.25, 0.3) is 0 Å². The molecule has 0 bridgehead atoms. The Morgan fingerprint density at radius 3 is 2.90 bits per heavy atom. The van der Waals surface area contributed by atoms with E-state index in [9.17, 15) is 0 Å². The molecule has 21 heavy (non-hydrogen) atoms. The van der Waals surface area contributed by atoms with Gasteiger partial charge in [0.25, 0.3) is 0 Å². The minimum absolute atomic E-state index is 0.112. The molecule has 0 unspecified atom stereocenters. The van der Waals surface area contributed by atoms with Crippen LogP contribution < -0.4 is 5.32 Å². The monoisotopic (exact) mass is 305 g/mol. The van der Waals surface area contributed by atoms with Crippen LogP contribution in [0.4, 0.5) is 0 Å². The van der Waals surface area contributed by atoms with Gasteiger partial charge in [0.15, 0.2) is 5.82 Å². The third-order valence-corrected chi connectivity index (χ3v) is 4.60. The lowest BCUT2D eigenvalue weighted by atomic mass is 10.2. The SMILES string of the molecule is CO[C@@H]1CN[C@@H](c2nc(CSc3ccc(C)cc3)no2)C1. The van der Waals surface area contributed by atoms with Crippen LogP contribution in [-0.2, 0) is 10.5 Å². The molecule has 0 amide bonds. The second-order valence-electron chi connectivity index (χ2n) is 5.20. The summed E-state index contributed by atoms with van der Waals surface area (Å²) in [4.78, 5) is 5.69. The largest absolute Gasteiger partial charge is 0.380 e. The van der Waals surface area contributed by atoms with Crippen LogP contribution in [0.5, 0.6) is 0 Å². The van der Waals surface area contributed by atoms with Crippen molar-refractivity contribution >= 4 is 11.8 Å². The fourth-order valence-electron chi connectivity index (χ4n) is 2.32. The Morgan fingerprint density at radius 1 is 1.38 bits per heavy atom. The number of hydrogen-bond acceptors (Lipinski definition) is 6. The maximum absolute atomic E-state index is 5.36. The van der Waals surface area contributed by atoms with Gasteiger partial charge in [-0.1, -0.05) is 22.9 Å². The highest BCUT2D eigenvalue weighted by atomic mass is 32.2. The molecular weight excluding hydrogens is 286 g/mol. The number of aromatic nitrogens is 2. The number of aryl methyl sites for hydroxylation is 1. The summed E-state index contributed by atoms with van der Waals surface area (Å²) in [6.07, 6.45) is 1.11. The van der Waals surface area contributed by atoms with E-state index in [-0.39, 0.29) is 12.1 Å². The lowest BCUT2D eigenvalue weighted by Crippen LogP contribution is -2.16. The number of methoxy groups -OCH3 is 1. The Labute approximate surface area is 128 Å². The van der Waals surface area contributed by atoms with Crippen molar-refractivity contribution in [3.05, 3.63) is 41.5 Å². The molecule has 112 valence electrons. The van der Waals surface area contributed by atoms with Crippen molar-refractivity contribution in [2.24, 2.45) is 0 Å². The van der Waals surface area contributed by atoms with E-state index in [4.69, 9.17) is 9.26 Å². The number of hydrogen-bond donors (Lipinski definition) is 1. The van der Waals surface area contributed by atoms with Crippen LogP contribution in [-0.4, -0.2) is 29.9 Å². The molecule has 3 rings (SSSR count). The van der Waals surface area contributed by atoms with Crippen molar-refractivity contribution in [1.29, 1.82) is 0 Å². The first-order valence-corrected chi connectivity index (χ1v) is 8.01. The predicted molar refractivity (Wildman–Crippen MR) is 81.2 cm³/mol. The van der Waals surface area contributed by atoms with Crippen molar-refractivity contribution < 1.29 is 9.26 Å². The second-order valence-corrected chi connectivity index (χ2v) is 6.25. The van der Waals surface area contributed by atoms with E-state index in [1.165, 1.54) is 10.5 Å². The third kappa shape index (κ3) is 3.64. The first kappa shape index (κ1) is 14.6. The lowest BCUT2D eigenvalue weighted by molar-refractivity contribution is 0.116. The van der Waals surface area contributed by atoms with E-state index in [1.54, 1.807) is 18.9 Å². The summed E-state index contributed by atoms with van der Waals surface area (Å²) in [5.41, 5.74) is 1.27. The summed E-state index contributed by atoms with van der Waals surface area (Å²) >= 11 is 1.71. The van der Waals surface area contributed by atoms with Gasteiger partial charge in [0.05, 0.1) is 17.9 Å². The molecule has 1 aliphatic heterocycles. The molecule has 2 heterocycles. The van der Waals surface area contributed by atoms with Crippen LogP contribution >= 0.6 is 11.8 Å². The van der Waals surface area contributed by atoms with Gasteiger partial charge in [-0.3, -0.25) is 0 Å². The molecule has 0 aliphatic carbocycles. The van der Waals surface area contributed by atoms with Crippen LogP contribution in [0, 0.1) is 6.92 Å². The normalized spacial score (nSPS) is 21.8. The van der Waals surface area contributed by atoms with Gasteiger partial charge in [0.2, 0.25) is 5.89 Å².